The van der Waals surface area contributed by atoms with Crippen LogP contribution in [0.1, 0.15) is 26.2 Å². The molecule has 24 heavy (non-hydrogen) atoms. The van der Waals surface area contributed by atoms with Gasteiger partial charge in [-0.2, -0.15) is 0 Å². The molecule has 2 heterocycles. The van der Waals surface area contributed by atoms with E-state index in [1.54, 1.807) is 0 Å². The number of halogens is 3. The molecule has 0 aromatic rings. The number of piperidine rings is 1. The van der Waals surface area contributed by atoms with E-state index >= 15 is 0 Å². The summed E-state index contributed by atoms with van der Waals surface area (Å²) >= 11 is 0. The number of amides is 1. The largest absolute Gasteiger partial charge is 0.352 e. The molecule has 1 spiro atoms. The third-order valence-corrected chi connectivity index (χ3v) is 5.62. The lowest BCUT2D eigenvalue weighted by atomic mass is 9.91. The highest BCUT2D eigenvalue weighted by atomic mass is 35.5. The lowest BCUT2D eigenvalue weighted by Crippen LogP contribution is -2.50. The summed E-state index contributed by atoms with van der Waals surface area (Å²) < 4.78 is 0. The Balaban J connectivity index is 0.00000176. The minimum atomic E-state index is 0. The average Bonchev–Trinajstić information content (AvgIpc) is 3.16. The van der Waals surface area contributed by atoms with Crippen LogP contribution < -0.4 is 10.6 Å². The monoisotopic (exact) mass is 402 g/mol. The van der Waals surface area contributed by atoms with Gasteiger partial charge in [-0.1, -0.05) is 0 Å². The fourth-order valence-electron chi connectivity index (χ4n) is 4.00. The van der Waals surface area contributed by atoms with E-state index in [1.807, 2.05) is 0 Å². The van der Waals surface area contributed by atoms with Gasteiger partial charge in [0.05, 0.1) is 0 Å². The quantitative estimate of drug-likeness (QED) is 0.745. The van der Waals surface area contributed by atoms with Crippen molar-refractivity contribution in [1.82, 2.24) is 20.4 Å². The van der Waals surface area contributed by atoms with E-state index in [-0.39, 0.29) is 49.2 Å². The van der Waals surface area contributed by atoms with E-state index in [1.165, 1.54) is 12.8 Å². The van der Waals surface area contributed by atoms with E-state index in [2.05, 4.69) is 34.4 Å². The standard InChI is InChI=1S/C16H30N4O.3ClH/c1-13(12-20-9-7-19(2)8-10-20)18-15(21)14-11-16(14)3-5-17-6-4-16;;;/h13-14,17H,3-12H2,1-2H3,(H,18,21);3*1H. The number of carbonyl (C=O) groups excluding carboxylic acids is 1. The topological polar surface area (TPSA) is 47.6 Å². The van der Waals surface area contributed by atoms with Crippen LogP contribution in [0.15, 0.2) is 0 Å². The van der Waals surface area contributed by atoms with Crippen LogP contribution in [0.2, 0.25) is 0 Å². The summed E-state index contributed by atoms with van der Waals surface area (Å²) in [7, 11) is 2.17. The Morgan fingerprint density at radius 2 is 1.75 bits per heavy atom. The Morgan fingerprint density at radius 3 is 2.33 bits per heavy atom. The zero-order chi connectivity index (χ0) is 14.9. The van der Waals surface area contributed by atoms with Crippen LogP contribution in [0.5, 0.6) is 0 Å². The van der Waals surface area contributed by atoms with Crippen LogP contribution in [0, 0.1) is 11.3 Å². The van der Waals surface area contributed by atoms with Crippen LogP contribution in [0.4, 0.5) is 0 Å². The summed E-state index contributed by atoms with van der Waals surface area (Å²) in [5, 5.41) is 6.65. The SMILES string of the molecule is CC(CN1CCN(C)CC1)NC(=O)C1CC12CCNCC2.Cl.Cl.Cl. The summed E-state index contributed by atoms with van der Waals surface area (Å²) in [6.45, 7) is 9.82. The molecule has 2 atom stereocenters. The zero-order valence-electron chi connectivity index (χ0n) is 14.8. The summed E-state index contributed by atoms with van der Waals surface area (Å²) in [5.74, 6) is 0.591. The van der Waals surface area contributed by atoms with E-state index < -0.39 is 0 Å². The van der Waals surface area contributed by atoms with Gasteiger partial charge in [0.15, 0.2) is 0 Å². The Labute approximate surface area is 164 Å². The van der Waals surface area contributed by atoms with E-state index in [0.717, 1.165) is 52.2 Å². The highest BCUT2D eigenvalue weighted by Gasteiger charge is 2.57. The average molecular weight is 404 g/mol. The first-order chi connectivity index (χ1) is 10.1. The molecule has 0 radical (unpaired) electrons. The van der Waals surface area contributed by atoms with Crippen molar-refractivity contribution in [3.8, 4) is 0 Å². The molecule has 3 rings (SSSR count). The van der Waals surface area contributed by atoms with Crippen molar-refractivity contribution in [3.63, 3.8) is 0 Å². The minimum Gasteiger partial charge on any atom is -0.352 e. The van der Waals surface area contributed by atoms with Crippen LogP contribution >= 0.6 is 37.2 Å². The van der Waals surface area contributed by atoms with Crippen LogP contribution in [-0.4, -0.2) is 74.6 Å². The molecule has 3 fully saturated rings. The van der Waals surface area contributed by atoms with Gasteiger partial charge in [-0.15, -0.1) is 37.2 Å². The molecule has 1 aliphatic carbocycles. The molecule has 1 saturated carbocycles. The molecule has 0 aromatic carbocycles. The maximum atomic E-state index is 12.4. The van der Waals surface area contributed by atoms with E-state index in [0.29, 0.717) is 11.3 Å². The molecule has 5 nitrogen and oxygen atoms in total. The van der Waals surface area contributed by atoms with Crippen molar-refractivity contribution in [2.45, 2.75) is 32.2 Å². The Bertz CT molecular complexity index is 386. The van der Waals surface area contributed by atoms with Gasteiger partial charge in [0.2, 0.25) is 5.91 Å². The summed E-state index contributed by atoms with van der Waals surface area (Å²) in [4.78, 5) is 17.3. The van der Waals surface area contributed by atoms with Crippen molar-refractivity contribution >= 4 is 43.1 Å². The summed E-state index contributed by atoms with van der Waals surface area (Å²) in [5.41, 5.74) is 0.350. The number of piperazine rings is 1. The molecule has 2 aliphatic heterocycles. The Hall–Kier alpha value is 0.220. The van der Waals surface area contributed by atoms with E-state index in [4.69, 9.17) is 0 Å². The lowest BCUT2D eigenvalue weighted by Gasteiger charge is -2.34. The number of nitrogens with one attached hydrogen (secondary N) is 2. The Kier molecular flexibility index (Phi) is 10.5. The number of nitrogens with zero attached hydrogens (tertiary/aromatic N) is 2. The molecule has 2 unspecified atom stereocenters. The number of carbonyl (C=O) groups is 1. The molecular formula is C16H33Cl3N4O. The van der Waals surface area contributed by atoms with Gasteiger partial charge < -0.3 is 15.5 Å². The van der Waals surface area contributed by atoms with Crippen molar-refractivity contribution in [2.75, 3.05) is 52.9 Å². The highest BCUT2D eigenvalue weighted by Crippen LogP contribution is 2.58. The van der Waals surface area contributed by atoms with Gasteiger partial charge in [0.1, 0.15) is 0 Å². The minimum absolute atomic E-state index is 0. The fraction of sp³-hybridized carbons (Fsp3) is 0.938. The Morgan fingerprint density at radius 1 is 1.17 bits per heavy atom. The van der Waals surface area contributed by atoms with Crippen molar-refractivity contribution < 1.29 is 4.79 Å². The van der Waals surface area contributed by atoms with Crippen LogP contribution in [-0.2, 0) is 4.79 Å². The lowest BCUT2D eigenvalue weighted by molar-refractivity contribution is -0.124. The predicted octanol–water partition coefficient (Wildman–Crippen LogP) is 1.39. The molecule has 1 amide bonds. The molecule has 3 aliphatic rings. The third-order valence-electron chi connectivity index (χ3n) is 5.62. The molecule has 0 aromatic heterocycles. The second kappa shape index (κ2) is 10.4. The van der Waals surface area contributed by atoms with Gasteiger partial charge >= 0.3 is 0 Å². The molecule has 0 bridgehead atoms. The highest BCUT2D eigenvalue weighted by molar-refractivity contribution is 5.86. The first-order valence-corrected chi connectivity index (χ1v) is 8.51. The summed E-state index contributed by atoms with van der Waals surface area (Å²) in [6.07, 6.45) is 3.47. The molecular weight excluding hydrogens is 371 g/mol. The van der Waals surface area contributed by atoms with Gasteiger partial charge in [0, 0.05) is 44.7 Å². The van der Waals surface area contributed by atoms with E-state index in [9.17, 15) is 4.79 Å². The van der Waals surface area contributed by atoms with Crippen molar-refractivity contribution in [1.29, 1.82) is 0 Å². The summed E-state index contributed by atoms with van der Waals surface area (Å²) in [6, 6.07) is 0.264. The molecule has 2 saturated heterocycles. The van der Waals surface area contributed by atoms with Crippen molar-refractivity contribution in [3.05, 3.63) is 0 Å². The normalized spacial score (nSPS) is 27.2. The van der Waals surface area contributed by atoms with Gasteiger partial charge in [0.25, 0.3) is 0 Å². The molecule has 2 N–H and O–H groups in total. The number of rotatable bonds is 4. The van der Waals surface area contributed by atoms with Gasteiger partial charge in [-0.3, -0.25) is 9.69 Å². The number of hydrogen-bond donors (Lipinski definition) is 2. The van der Waals surface area contributed by atoms with Crippen molar-refractivity contribution in [2.24, 2.45) is 11.3 Å². The maximum Gasteiger partial charge on any atom is 0.223 e. The first-order valence-electron chi connectivity index (χ1n) is 8.51. The van der Waals surface area contributed by atoms with Crippen LogP contribution in [0.3, 0.4) is 0 Å². The first kappa shape index (κ1) is 24.2. The number of likely N-dealkylation sites (N-methyl/N-ethyl adjacent to an activating group) is 1. The predicted molar refractivity (Wildman–Crippen MR) is 106 cm³/mol. The maximum absolute atomic E-state index is 12.4. The second-order valence-corrected chi connectivity index (χ2v) is 7.38. The molecule has 8 heteroatoms. The fourth-order valence-corrected chi connectivity index (χ4v) is 4.00. The zero-order valence-corrected chi connectivity index (χ0v) is 17.2. The van der Waals surface area contributed by atoms with Gasteiger partial charge in [-0.25, -0.2) is 0 Å². The molecule has 144 valence electrons. The van der Waals surface area contributed by atoms with Gasteiger partial charge in [-0.05, 0) is 51.7 Å². The number of hydrogen-bond acceptors (Lipinski definition) is 4. The van der Waals surface area contributed by atoms with Crippen LogP contribution in [0.25, 0.3) is 0 Å². The smallest absolute Gasteiger partial charge is 0.223 e. The second-order valence-electron chi connectivity index (χ2n) is 7.38. The third kappa shape index (κ3) is 5.89.